The Labute approximate surface area is 143 Å². The average Bonchev–Trinajstić information content (AvgIpc) is 2.75. The number of benzene rings is 1. The Morgan fingerprint density at radius 2 is 1.96 bits per heavy atom. The van der Waals surface area contributed by atoms with Crippen LogP contribution in [0.3, 0.4) is 0 Å². The van der Waals surface area contributed by atoms with Gasteiger partial charge in [0.25, 0.3) is 5.91 Å². The molecule has 9 heteroatoms. The van der Waals surface area contributed by atoms with E-state index < -0.39 is 30.3 Å². The van der Waals surface area contributed by atoms with E-state index >= 15 is 0 Å². The molecule has 0 spiro atoms. The summed E-state index contributed by atoms with van der Waals surface area (Å²) in [6, 6.07) is 6.20. The summed E-state index contributed by atoms with van der Waals surface area (Å²) in [5.41, 5.74) is 0.441. The van der Waals surface area contributed by atoms with Crippen LogP contribution in [0.5, 0.6) is 0 Å². The van der Waals surface area contributed by atoms with Crippen LogP contribution in [-0.2, 0) is 14.4 Å². The van der Waals surface area contributed by atoms with E-state index in [9.17, 15) is 19.2 Å². The number of amides is 5. The fourth-order valence-corrected chi connectivity index (χ4v) is 2.32. The van der Waals surface area contributed by atoms with Gasteiger partial charge in [0.2, 0.25) is 11.8 Å². The van der Waals surface area contributed by atoms with Gasteiger partial charge < -0.3 is 15.1 Å². The highest BCUT2D eigenvalue weighted by Crippen LogP contribution is 2.20. The summed E-state index contributed by atoms with van der Waals surface area (Å²) >= 11 is 5.94. The Morgan fingerprint density at radius 1 is 1.29 bits per heavy atom. The highest BCUT2D eigenvalue weighted by atomic mass is 35.5. The number of urea groups is 1. The minimum atomic E-state index is -0.526. The third kappa shape index (κ3) is 4.02. The second-order valence-electron chi connectivity index (χ2n) is 5.40. The maximum atomic E-state index is 12.1. The zero-order chi connectivity index (χ0) is 17.9. The molecule has 1 aliphatic rings. The lowest BCUT2D eigenvalue weighted by Gasteiger charge is -2.20. The lowest BCUT2D eigenvalue weighted by atomic mass is 10.3. The van der Waals surface area contributed by atoms with Gasteiger partial charge in [0, 0.05) is 14.1 Å². The highest BCUT2D eigenvalue weighted by molar-refractivity contribution is 6.33. The number of imide groups is 1. The van der Waals surface area contributed by atoms with Gasteiger partial charge in [-0.05, 0) is 12.1 Å². The molecule has 0 bridgehead atoms. The molecular formula is C15H17ClN4O4. The van der Waals surface area contributed by atoms with Crippen LogP contribution >= 0.6 is 11.6 Å². The Hall–Kier alpha value is -2.61. The molecule has 0 atom stereocenters. The largest absolute Gasteiger partial charge is 0.335 e. The molecule has 2 rings (SSSR count). The van der Waals surface area contributed by atoms with Crippen LogP contribution in [0.15, 0.2) is 24.3 Å². The quantitative estimate of drug-likeness (QED) is 0.787. The van der Waals surface area contributed by atoms with Crippen molar-refractivity contribution in [2.45, 2.75) is 0 Å². The molecule has 1 aromatic rings. The number of anilines is 1. The maximum absolute atomic E-state index is 12.1. The number of hydrogen-bond donors (Lipinski definition) is 1. The number of likely N-dealkylation sites (N-methyl/N-ethyl adjacent to an activating group) is 2. The number of hydrogen-bond acceptors (Lipinski definition) is 4. The fourth-order valence-electron chi connectivity index (χ4n) is 2.14. The van der Waals surface area contributed by atoms with Crippen molar-refractivity contribution in [2.24, 2.45) is 0 Å². The Kier molecular flexibility index (Phi) is 5.40. The van der Waals surface area contributed by atoms with Gasteiger partial charge in [0.1, 0.15) is 13.1 Å². The molecule has 0 radical (unpaired) electrons. The van der Waals surface area contributed by atoms with E-state index in [4.69, 9.17) is 11.6 Å². The van der Waals surface area contributed by atoms with Crippen molar-refractivity contribution in [1.29, 1.82) is 0 Å². The molecule has 1 N–H and O–H groups in total. The first kappa shape index (κ1) is 17.7. The van der Waals surface area contributed by atoms with Gasteiger partial charge in [-0.3, -0.25) is 19.3 Å². The zero-order valence-electron chi connectivity index (χ0n) is 13.3. The molecule has 0 unspecified atom stereocenters. The number of para-hydroxylation sites is 1. The predicted octanol–water partition coefficient (Wildman–Crippen LogP) is 0.631. The third-order valence-electron chi connectivity index (χ3n) is 3.48. The van der Waals surface area contributed by atoms with E-state index in [2.05, 4.69) is 5.32 Å². The smallest absolute Gasteiger partial charge is 0.327 e. The summed E-state index contributed by atoms with van der Waals surface area (Å²) in [5, 5.41) is 2.98. The standard InChI is InChI=1S/C15H17ClN4O4/c1-18(7-12(21)17-11-6-4-3-5-10(11)16)13(22)9-20-14(23)8-19(2)15(20)24/h3-6H,7-9H2,1-2H3,(H,17,21). The summed E-state index contributed by atoms with van der Waals surface area (Å²) in [5.74, 6) is -1.39. The topological polar surface area (TPSA) is 90.0 Å². The molecule has 1 saturated heterocycles. The number of carbonyl (C=O) groups excluding carboxylic acids is 4. The van der Waals surface area contributed by atoms with Gasteiger partial charge in [0.15, 0.2) is 0 Å². The molecule has 0 aliphatic carbocycles. The van der Waals surface area contributed by atoms with Crippen LogP contribution < -0.4 is 5.32 Å². The van der Waals surface area contributed by atoms with Gasteiger partial charge in [-0.2, -0.15) is 0 Å². The minimum Gasteiger partial charge on any atom is -0.335 e. The van der Waals surface area contributed by atoms with Crippen molar-refractivity contribution in [3.63, 3.8) is 0 Å². The molecule has 8 nitrogen and oxygen atoms in total. The second kappa shape index (κ2) is 7.31. The SMILES string of the molecule is CN(CC(=O)Nc1ccccc1Cl)C(=O)CN1C(=O)CN(C)C1=O. The molecular weight excluding hydrogens is 336 g/mol. The van der Waals surface area contributed by atoms with Crippen LogP contribution in [0.1, 0.15) is 0 Å². The lowest BCUT2D eigenvalue weighted by molar-refractivity contribution is -0.137. The van der Waals surface area contributed by atoms with Gasteiger partial charge in [-0.25, -0.2) is 4.79 Å². The van der Waals surface area contributed by atoms with Crippen LogP contribution in [0, 0.1) is 0 Å². The molecule has 5 amide bonds. The van der Waals surface area contributed by atoms with E-state index in [0.29, 0.717) is 10.7 Å². The monoisotopic (exact) mass is 352 g/mol. The molecule has 1 aliphatic heterocycles. The Balaban J connectivity index is 1.89. The van der Waals surface area contributed by atoms with E-state index in [1.165, 1.54) is 19.0 Å². The van der Waals surface area contributed by atoms with E-state index in [1.807, 2.05) is 0 Å². The van der Waals surface area contributed by atoms with Crippen LogP contribution in [-0.4, -0.2) is 72.2 Å². The number of nitrogens with zero attached hydrogens (tertiary/aromatic N) is 3. The maximum Gasteiger partial charge on any atom is 0.327 e. The molecule has 1 heterocycles. The molecule has 1 aromatic carbocycles. The minimum absolute atomic E-state index is 0.0528. The molecule has 24 heavy (non-hydrogen) atoms. The van der Waals surface area contributed by atoms with E-state index in [-0.39, 0.29) is 13.1 Å². The van der Waals surface area contributed by atoms with Crippen molar-refractivity contribution < 1.29 is 19.2 Å². The summed E-state index contributed by atoms with van der Waals surface area (Å²) in [7, 11) is 2.90. The molecule has 128 valence electrons. The fraction of sp³-hybridized carbons (Fsp3) is 0.333. The zero-order valence-corrected chi connectivity index (χ0v) is 14.0. The molecule has 1 fully saturated rings. The van der Waals surface area contributed by atoms with Crippen molar-refractivity contribution in [3.8, 4) is 0 Å². The van der Waals surface area contributed by atoms with Crippen LogP contribution in [0.25, 0.3) is 0 Å². The number of nitrogens with one attached hydrogen (secondary N) is 1. The van der Waals surface area contributed by atoms with Crippen molar-refractivity contribution in [2.75, 3.05) is 39.0 Å². The van der Waals surface area contributed by atoms with Crippen molar-refractivity contribution in [3.05, 3.63) is 29.3 Å². The van der Waals surface area contributed by atoms with E-state index in [0.717, 1.165) is 9.80 Å². The normalized spacial score (nSPS) is 14.1. The first-order valence-electron chi connectivity index (χ1n) is 7.13. The number of rotatable bonds is 5. The average molecular weight is 353 g/mol. The second-order valence-corrected chi connectivity index (χ2v) is 5.80. The Morgan fingerprint density at radius 3 is 2.54 bits per heavy atom. The van der Waals surface area contributed by atoms with Crippen LogP contribution in [0.4, 0.5) is 10.5 Å². The lowest BCUT2D eigenvalue weighted by Crippen LogP contribution is -2.44. The summed E-state index contributed by atoms with van der Waals surface area (Å²) in [4.78, 5) is 50.7. The number of halogens is 1. The highest BCUT2D eigenvalue weighted by Gasteiger charge is 2.35. The molecule has 0 aromatic heterocycles. The van der Waals surface area contributed by atoms with Crippen molar-refractivity contribution >= 4 is 41.0 Å². The number of carbonyl (C=O) groups is 4. The van der Waals surface area contributed by atoms with Gasteiger partial charge in [0.05, 0.1) is 17.3 Å². The molecule has 0 saturated carbocycles. The predicted molar refractivity (Wildman–Crippen MR) is 87.5 cm³/mol. The summed E-state index contributed by atoms with van der Waals surface area (Å²) in [6.45, 7) is -0.670. The van der Waals surface area contributed by atoms with Gasteiger partial charge in [-0.15, -0.1) is 0 Å². The van der Waals surface area contributed by atoms with Crippen LogP contribution in [0.2, 0.25) is 5.02 Å². The van der Waals surface area contributed by atoms with Gasteiger partial charge >= 0.3 is 6.03 Å². The third-order valence-corrected chi connectivity index (χ3v) is 3.81. The summed E-state index contributed by atoms with van der Waals surface area (Å²) in [6.07, 6.45) is 0. The Bertz CT molecular complexity index is 694. The first-order chi connectivity index (χ1) is 11.3. The van der Waals surface area contributed by atoms with Gasteiger partial charge in [-0.1, -0.05) is 23.7 Å². The first-order valence-corrected chi connectivity index (χ1v) is 7.51. The summed E-state index contributed by atoms with van der Waals surface area (Å²) < 4.78 is 0. The van der Waals surface area contributed by atoms with Crippen molar-refractivity contribution in [1.82, 2.24) is 14.7 Å². The van der Waals surface area contributed by atoms with E-state index in [1.54, 1.807) is 24.3 Å².